The second-order valence-corrected chi connectivity index (χ2v) is 7.56. The summed E-state index contributed by atoms with van der Waals surface area (Å²) in [4.78, 5) is 9.28. The van der Waals surface area contributed by atoms with Crippen molar-refractivity contribution in [3.8, 4) is 0 Å². The van der Waals surface area contributed by atoms with Crippen molar-refractivity contribution in [2.24, 2.45) is 23.9 Å². The minimum absolute atomic E-state index is 0. The van der Waals surface area contributed by atoms with Crippen LogP contribution in [0.3, 0.4) is 0 Å². The first-order chi connectivity index (χ1) is 11.5. The average molecular weight is 461 g/mol. The van der Waals surface area contributed by atoms with E-state index in [0.717, 1.165) is 30.9 Å². The summed E-state index contributed by atoms with van der Waals surface area (Å²) in [5.41, 5.74) is 1.29. The first-order valence-electron chi connectivity index (χ1n) is 9.24. The molecule has 144 valence electrons. The maximum atomic E-state index is 4.46. The van der Waals surface area contributed by atoms with Crippen LogP contribution in [0, 0.1) is 11.8 Å². The molecule has 25 heavy (non-hydrogen) atoms. The van der Waals surface area contributed by atoms with Crippen LogP contribution in [0.15, 0.2) is 23.3 Å². The van der Waals surface area contributed by atoms with Gasteiger partial charge in [-0.2, -0.15) is 0 Å². The zero-order valence-electron chi connectivity index (χ0n) is 16.5. The zero-order valence-corrected chi connectivity index (χ0v) is 18.9. The molecule has 2 rings (SSSR count). The molecular weight excluding hydrogens is 425 g/mol. The summed E-state index contributed by atoms with van der Waals surface area (Å²) in [6.45, 7) is 10.2. The molecule has 5 nitrogen and oxygen atoms in total. The van der Waals surface area contributed by atoms with Gasteiger partial charge in [0.1, 0.15) is 0 Å². The second kappa shape index (κ2) is 11.1. The first kappa shape index (κ1) is 22.3. The molecule has 0 saturated carbocycles. The van der Waals surface area contributed by atoms with E-state index in [1.54, 1.807) is 0 Å². The van der Waals surface area contributed by atoms with Crippen molar-refractivity contribution in [1.82, 2.24) is 19.7 Å². The minimum Gasteiger partial charge on any atom is -0.356 e. The summed E-state index contributed by atoms with van der Waals surface area (Å²) in [6.07, 6.45) is 4.72. The number of nitrogens with zero attached hydrogens (tertiary/aromatic N) is 4. The van der Waals surface area contributed by atoms with Crippen molar-refractivity contribution in [2.45, 2.75) is 33.2 Å². The topological polar surface area (TPSA) is 35.8 Å². The maximum Gasteiger partial charge on any atom is 0.193 e. The van der Waals surface area contributed by atoms with Crippen molar-refractivity contribution >= 4 is 29.9 Å². The molecule has 1 fully saturated rings. The molecule has 0 aliphatic carbocycles. The molecule has 0 spiro atoms. The molecule has 1 aromatic rings. The lowest BCUT2D eigenvalue weighted by Crippen LogP contribution is -2.45. The molecule has 1 atom stereocenters. The summed E-state index contributed by atoms with van der Waals surface area (Å²) < 4.78 is 2.16. The Bertz CT molecular complexity index is 526. The Labute approximate surface area is 170 Å². The Morgan fingerprint density at radius 3 is 2.80 bits per heavy atom. The maximum absolute atomic E-state index is 4.46. The van der Waals surface area contributed by atoms with E-state index in [-0.39, 0.29) is 24.0 Å². The van der Waals surface area contributed by atoms with Crippen LogP contribution in [-0.2, 0) is 13.6 Å². The lowest BCUT2D eigenvalue weighted by molar-refractivity contribution is 0.159. The number of piperidine rings is 1. The predicted molar refractivity (Wildman–Crippen MR) is 118 cm³/mol. The van der Waals surface area contributed by atoms with Crippen molar-refractivity contribution in [3.05, 3.63) is 24.0 Å². The van der Waals surface area contributed by atoms with E-state index < -0.39 is 0 Å². The van der Waals surface area contributed by atoms with Crippen LogP contribution in [0.1, 0.15) is 32.4 Å². The van der Waals surface area contributed by atoms with E-state index in [9.17, 15) is 0 Å². The van der Waals surface area contributed by atoms with E-state index in [1.807, 2.05) is 7.05 Å². The Morgan fingerprint density at radius 2 is 2.20 bits per heavy atom. The Hall–Kier alpha value is -0.760. The van der Waals surface area contributed by atoms with Crippen LogP contribution >= 0.6 is 24.0 Å². The van der Waals surface area contributed by atoms with Crippen LogP contribution < -0.4 is 5.32 Å². The number of aryl methyl sites for hydroxylation is 1. The number of hydrogen-bond acceptors (Lipinski definition) is 2. The van der Waals surface area contributed by atoms with Gasteiger partial charge in [-0.1, -0.05) is 13.8 Å². The number of nitrogens with one attached hydrogen (secondary N) is 1. The number of halogens is 1. The standard InChI is InChI=1S/C19H35N5.HI/c1-16(2)13-24-11-6-8-17(14-24)12-21-19(20-3)23(5)15-18-9-7-10-22(18)4;/h7,9-10,16-17H,6,8,11-15H2,1-5H3,(H,20,21);1H. The number of hydrogen-bond donors (Lipinski definition) is 1. The van der Waals surface area contributed by atoms with Gasteiger partial charge in [0.2, 0.25) is 0 Å². The molecule has 0 radical (unpaired) electrons. The van der Waals surface area contributed by atoms with Crippen LogP contribution in [0.4, 0.5) is 0 Å². The molecule has 0 bridgehead atoms. The number of aliphatic imine (C=N–C) groups is 1. The third kappa shape index (κ3) is 7.17. The summed E-state index contributed by atoms with van der Waals surface area (Å²) in [5.74, 6) is 2.45. The third-order valence-corrected chi connectivity index (χ3v) is 4.80. The average Bonchev–Trinajstić information content (AvgIpc) is 2.93. The molecule has 1 N–H and O–H groups in total. The largest absolute Gasteiger partial charge is 0.356 e. The van der Waals surface area contributed by atoms with Gasteiger partial charge in [-0.25, -0.2) is 0 Å². The van der Waals surface area contributed by atoms with Crippen molar-refractivity contribution in [1.29, 1.82) is 0 Å². The summed E-state index contributed by atoms with van der Waals surface area (Å²) >= 11 is 0. The fraction of sp³-hybridized carbons (Fsp3) is 0.737. The fourth-order valence-corrected chi connectivity index (χ4v) is 3.60. The summed E-state index contributed by atoms with van der Waals surface area (Å²) in [6, 6.07) is 4.25. The number of rotatable bonds is 6. The smallest absolute Gasteiger partial charge is 0.193 e. The molecule has 1 unspecified atom stereocenters. The Balaban J connectivity index is 0.00000312. The van der Waals surface area contributed by atoms with Crippen LogP contribution in [0.2, 0.25) is 0 Å². The van der Waals surface area contributed by atoms with E-state index in [0.29, 0.717) is 0 Å². The first-order valence-corrected chi connectivity index (χ1v) is 9.24. The highest BCUT2D eigenvalue weighted by molar-refractivity contribution is 14.0. The van der Waals surface area contributed by atoms with E-state index in [4.69, 9.17) is 0 Å². The summed E-state index contributed by atoms with van der Waals surface area (Å²) in [5, 5.41) is 3.58. The highest BCUT2D eigenvalue weighted by Crippen LogP contribution is 2.17. The Kier molecular flexibility index (Phi) is 9.86. The van der Waals surface area contributed by atoms with Gasteiger partial charge in [0, 0.05) is 52.7 Å². The quantitative estimate of drug-likeness (QED) is 0.402. The van der Waals surface area contributed by atoms with Gasteiger partial charge >= 0.3 is 0 Å². The van der Waals surface area contributed by atoms with Gasteiger partial charge in [0.05, 0.1) is 6.54 Å². The van der Waals surface area contributed by atoms with E-state index >= 15 is 0 Å². The molecule has 0 amide bonds. The SMILES string of the molecule is CN=C(NCC1CCCN(CC(C)C)C1)N(C)Cc1cccn1C.I. The number of likely N-dealkylation sites (tertiary alicyclic amines) is 1. The molecule has 2 heterocycles. The number of guanidine groups is 1. The monoisotopic (exact) mass is 461 g/mol. The lowest BCUT2D eigenvalue weighted by atomic mass is 9.97. The van der Waals surface area contributed by atoms with E-state index in [1.165, 1.54) is 38.2 Å². The highest BCUT2D eigenvalue weighted by Gasteiger charge is 2.21. The van der Waals surface area contributed by atoms with Crippen LogP contribution in [0.5, 0.6) is 0 Å². The normalized spacial score (nSPS) is 19.0. The van der Waals surface area contributed by atoms with Crippen molar-refractivity contribution in [2.75, 3.05) is 40.3 Å². The van der Waals surface area contributed by atoms with Gasteiger partial charge in [0.25, 0.3) is 0 Å². The molecular formula is C19H36IN5. The third-order valence-electron chi connectivity index (χ3n) is 4.80. The second-order valence-electron chi connectivity index (χ2n) is 7.56. The van der Waals surface area contributed by atoms with Crippen LogP contribution in [-0.4, -0.2) is 60.6 Å². The van der Waals surface area contributed by atoms with Gasteiger partial charge in [-0.3, -0.25) is 4.99 Å². The minimum atomic E-state index is 0. The fourth-order valence-electron chi connectivity index (χ4n) is 3.60. The Morgan fingerprint density at radius 1 is 1.44 bits per heavy atom. The molecule has 1 aromatic heterocycles. The van der Waals surface area contributed by atoms with Gasteiger partial charge in [-0.05, 0) is 43.4 Å². The summed E-state index contributed by atoms with van der Waals surface area (Å²) in [7, 11) is 6.06. The van der Waals surface area contributed by atoms with Crippen LogP contribution in [0.25, 0.3) is 0 Å². The molecule has 6 heteroatoms. The molecule has 0 aromatic carbocycles. The van der Waals surface area contributed by atoms with Gasteiger partial charge < -0.3 is 19.7 Å². The lowest BCUT2D eigenvalue weighted by Gasteiger charge is -2.34. The predicted octanol–water partition coefficient (Wildman–Crippen LogP) is 3.02. The van der Waals surface area contributed by atoms with Gasteiger partial charge in [-0.15, -0.1) is 24.0 Å². The number of aromatic nitrogens is 1. The van der Waals surface area contributed by atoms with E-state index in [2.05, 4.69) is 70.9 Å². The van der Waals surface area contributed by atoms with Crippen molar-refractivity contribution < 1.29 is 0 Å². The van der Waals surface area contributed by atoms with Gasteiger partial charge in [0.15, 0.2) is 5.96 Å². The molecule has 1 aliphatic rings. The highest BCUT2D eigenvalue weighted by atomic mass is 127. The zero-order chi connectivity index (χ0) is 17.5. The molecule has 1 aliphatic heterocycles. The molecule has 1 saturated heterocycles. The van der Waals surface area contributed by atoms with Crippen molar-refractivity contribution in [3.63, 3.8) is 0 Å².